The average Bonchev–Trinajstić information content (AvgIpc) is 2.99. The molecule has 0 N–H and O–H groups in total. The van der Waals surface area contributed by atoms with Gasteiger partial charge in [-0.1, -0.05) is 63.7 Å². The predicted octanol–water partition coefficient (Wildman–Crippen LogP) is 4.13. The Labute approximate surface area is 166 Å². The normalized spacial score (nSPS) is 18.0. The zero-order chi connectivity index (χ0) is 19.6. The highest BCUT2D eigenvalue weighted by molar-refractivity contribution is 7.99. The van der Waals surface area contributed by atoms with Crippen molar-refractivity contribution >= 4 is 17.7 Å². The molecule has 6 heteroatoms. The van der Waals surface area contributed by atoms with Crippen LogP contribution in [0.3, 0.4) is 0 Å². The van der Waals surface area contributed by atoms with Crippen molar-refractivity contribution in [2.75, 3.05) is 18.8 Å². The Hall–Kier alpha value is -1.82. The Morgan fingerprint density at radius 3 is 2.56 bits per heavy atom. The van der Waals surface area contributed by atoms with Crippen molar-refractivity contribution < 1.29 is 4.79 Å². The minimum Gasteiger partial charge on any atom is -0.342 e. The van der Waals surface area contributed by atoms with Gasteiger partial charge in [0.15, 0.2) is 11.0 Å². The Bertz CT molecular complexity index is 792. The minimum atomic E-state index is 0.131. The summed E-state index contributed by atoms with van der Waals surface area (Å²) in [5.41, 5.74) is 2.47. The molecule has 1 unspecified atom stereocenters. The molecule has 1 amide bonds. The highest BCUT2D eigenvalue weighted by Crippen LogP contribution is 2.27. The first-order valence-electron chi connectivity index (χ1n) is 9.66. The fourth-order valence-electron chi connectivity index (χ4n) is 3.44. The molecule has 3 rings (SSSR count). The first-order valence-corrected chi connectivity index (χ1v) is 10.6. The molecular formula is C21H30N4OS. The number of piperidine rings is 1. The molecule has 0 radical (unpaired) electrons. The molecule has 1 fully saturated rings. The zero-order valence-corrected chi connectivity index (χ0v) is 17.8. The van der Waals surface area contributed by atoms with E-state index in [-0.39, 0.29) is 11.3 Å². The molecule has 1 aliphatic rings. The second kappa shape index (κ2) is 8.05. The van der Waals surface area contributed by atoms with Gasteiger partial charge in [-0.25, -0.2) is 0 Å². The third kappa shape index (κ3) is 4.72. The number of carbonyl (C=O) groups is 1. The van der Waals surface area contributed by atoms with Crippen molar-refractivity contribution in [1.82, 2.24) is 19.7 Å². The Morgan fingerprint density at radius 1 is 1.22 bits per heavy atom. The molecule has 0 aliphatic carbocycles. The van der Waals surface area contributed by atoms with E-state index < -0.39 is 0 Å². The minimum absolute atomic E-state index is 0.131. The lowest BCUT2D eigenvalue weighted by Gasteiger charge is -2.30. The fourth-order valence-corrected chi connectivity index (χ4v) is 4.26. The first-order chi connectivity index (χ1) is 12.8. The van der Waals surface area contributed by atoms with Gasteiger partial charge in [-0.15, -0.1) is 10.2 Å². The lowest BCUT2D eigenvalue weighted by atomic mass is 9.87. The lowest BCUT2D eigenvalue weighted by molar-refractivity contribution is -0.130. The first kappa shape index (κ1) is 19.9. The molecule has 2 aromatic rings. The highest BCUT2D eigenvalue weighted by Gasteiger charge is 2.22. The molecule has 27 heavy (non-hydrogen) atoms. The molecular weight excluding hydrogens is 356 g/mol. The van der Waals surface area contributed by atoms with Crippen LogP contribution in [0.1, 0.15) is 46.1 Å². The van der Waals surface area contributed by atoms with Gasteiger partial charge >= 0.3 is 0 Å². The van der Waals surface area contributed by atoms with Crippen molar-refractivity contribution in [3.05, 3.63) is 29.8 Å². The van der Waals surface area contributed by atoms with Crippen LogP contribution in [0.15, 0.2) is 29.4 Å². The van der Waals surface area contributed by atoms with Crippen LogP contribution in [0.25, 0.3) is 11.4 Å². The number of nitrogens with zero attached hydrogens (tertiary/aromatic N) is 4. The Balaban J connectivity index is 1.66. The van der Waals surface area contributed by atoms with Gasteiger partial charge in [0.05, 0.1) is 5.75 Å². The summed E-state index contributed by atoms with van der Waals surface area (Å²) in [5, 5.41) is 9.43. The summed E-state index contributed by atoms with van der Waals surface area (Å²) in [6, 6.07) is 8.49. The summed E-state index contributed by atoms with van der Waals surface area (Å²) in [5.74, 6) is 2.05. The van der Waals surface area contributed by atoms with E-state index in [9.17, 15) is 4.79 Å². The van der Waals surface area contributed by atoms with E-state index >= 15 is 0 Å². The molecule has 5 nitrogen and oxygen atoms in total. The van der Waals surface area contributed by atoms with Crippen LogP contribution in [0.4, 0.5) is 0 Å². The van der Waals surface area contributed by atoms with Gasteiger partial charge in [0.25, 0.3) is 0 Å². The van der Waals surface area contributed by atoms with Crippen molar-refractivity contribution in [3.8, 4) is 11.4 Å². The average molecular weight is 387 g/mol. The summed E-state index contributed by atoms with van der Waals surface area (Å²) < 4.78 is 1.98. The highest BCUT2D eigenvalue weighted by atomic mass is 32.2. The molecule has 1 aromatic carbocycles. The topological polar surface area (TPSA) is 51.0 Å². The van der Waals surface area contributed by atoms with Gasteiger partial charge in [-0.3, -0.25) is 4.79 Å². The van der Waals surface area contributed by atoms with Crippen molar-refractivity contribution in [2.45, 2.75) is 51.1 Å². The van der Waals surface area contributed by atoms with Crippen LogP contribution in [0, 0.1) is 5.92 Å². The number of hydrogen-bond acceptors (Lipinski definition) is 4. The molecule has 1 aliphatic heterocycles. The maximum atomic E-state index is 12.5. The number of rotatable bonds is 4. The fraction of sp³-hybridized carbons (Fsp3) is 0.571. The number of hydrogen-bond donors (Lipinski definition) is 0. The van der Waals surface area contributed by atoms with Crippen LogP contribution in [0.2, 0.25) is 0 Å². The summed E-state index contributed by atoms with van der Waals surface area (Å²) in [6.07, 6.45) is 2.33. The Morgan fingerprint density at radius 2 is 1.93 bits per heavy atom. The Kier molecular flexibility index (Phi) is 5.94. The van der Waals surface area contributed by atoms with Gasteiger partial charge in [0.1, 0.15) is 0 Å². The largest absolute Gasteiger partial charge is 0.342 e. The molecule has 1 atom stereocenters. The van der Waals surface area contributed by atoms with E-state index in [0.29, 0.717) is 11.7 Å². The van der Waals surface area contributed by atoms with Crippen LogP contribution in [0.5, 0.6) is 0 Å². The third-order valence-electron chi connectivity index (χ3n) is 5.18. The maximum absolute atomic E-state index is 12.5. The van der Waals surface area contributed by atoms with E-state index in [4.69, 9.17) is 0 Å². The summed E-state index contributed by atoms with van der Waals surface area (Å²) in [6.45, 7) is 10.6. The van der Waals surface area contributed by atoms with E-state index in [1.54, 1.807) is 0 Å². The van der Waals surface area contributed by atoms with Gasteiger partial charge in [0, 0.05) is 25.7 Å². The van der Waals surface area contributed by atoms with Crippen LogP contribution < -0.4 is 0 Å². The number of likely N-dealkylation sites (tertiary alicyclic amines) is 1. The van der Waals surface area contributed by atoms with E-state index in [1.807, 2.05) is 16.5 Å². The second-order valence-corrected chi connectivity index (χ2v) is 9.51. The summed E-state index contributed by atoms with van der Waals surface area (Å²) in [7, 11) is 1.96. The van der Waals surface area contributed by atoms with Gasteiger partial charge in [-0.05, 0) is 29.7 Å². The smallest absolute Gasteiger partial charge is 0.233 e. The number of benzene rings is 1. The SMILES string of the molecule is CC1CCCN(C(=O)CSc2nnc(-c3ccc(C(C)(C)C)cc3)n2C)C1. The molecule has 2 heterocycles. The van der Waals surface area contributed by atoms with Gasteiger partial charge < -0.3 is 9.47 Å². The number of thioether (sulfide) groups is 1. The van der Waals surface area contributed by atoms with Crippen molar-refractivity contribution in [3.63, 3.8) is 0 Å². The standard InChI is InChI=1S/C21H30N4OS/c1-15-7-6-12-25(13-15)18(26)14-27-20-23-22-19(24(20)5)16-8-10-17(11-9-16)21(2,3)4/h8-11,15H,6-7,12-14H2,1-5H3. The molecule has 0 saturated carbocycles. The predicted molar refractivity (Wildman–Crippen MR) is 111 cm³/mol. The number of amides is 1. The second-order valence-electron chi connectivity index (χ2n) is 8.57. The molecule has 146 valence electrons. The van der Waals surface area contributed by atoms with E-state index in [1.165, 1.54) is 23.7 Å². The lowest BCUT2D eigenvalue weighted by Crippen LogP contribution is -2.40. The summed E-state index contributed by atoms with van der Waals surface area (Å²) >= 11 is 1.47. The monoisotopic (exact) mass is 386 g/mol. The summed E-state index contributed by atoms with van der Waals surface area (Å²) in [4.78, 5) is 14.5. The third-order valence-corrected chi connectivity index (χ3v) is 6.18. The van der Waals surface area contributed by atoms with Crippen molar-refractivity contribution in [1.29, 1.82) is 0 Å². The molecule has 0 spiro atoms. The van der Waals surface area contributed by atoms with Crippen molar-refractivity contribution in [2.24, 2.45) is 13.0 Å². The van der Waals surface area contributed by atoms with E-state index in [0.717, 1.165) is 36.1 Å². The van der Waals surface area contributed by atoms with E-state index in [2.05, 4.69) is 62.2 Å². The van der Waals surface area contributed by atoms with Crippen LogP contribution in [-0.4, -0.2) is 44.4 Å². The zero-order valence-electron chi connectivity index (χ0n) is 17.0. The molecule has 0 bridgehead atoms. The number of carbonyl (C=O) groups excluding carboxylic acids is 1. The van der Waals surface area contributed by atoms with Crippen LogP contribution >= 0.6 is 11.8 Å². The molecule has 1 aromatic heterocycles. The number of aromatic nitrogens is 3. The quantitative estimate of drug-likeness (QED) is 0.742. The molecule has 1 saturated heterocycles. The maximum Gasteiger partial charge on any atom is 0.233 e. The van der Waals surface area contributed by atoms with Crippen LogP contribution in [-0.2, 0) is 17.3 Å². The van der Waals surface area contributed by atoms with Gasteiger partial charge in [0.2, 0.25) is 5.91 Å². The van der Waals surface area contributed by atoms with Gasteiger partial charge in [-0.2, -0.15) is 0 Å².